The lowest BCUT2D eigenvalue weighted by Crippen LogP contribution is -2.42. The van der Waals surface area contributed by atoms with Crippen molar-refractivity contribution < 1.29 is 0 Å². The molecule has 8 heteroatoms. The molecule has 0 saturated heterocycles. The fourth-order valence-electron chi connectivity index (χ4n) is 2.22. The van der Waals surface area contributed by atoms with Crippen LogP contribution in [-0.2, 0) is 13.6 Å². The van der Waals surface area contributed by atoms with Crippen molar-refractivity contribution >= 4 is 29.9 Å². The highest BCUT2D eigenvalue weighted by Gasteiger charge is 2.27. The molecule has 0 aliphatic heterocycles. The number of halogens is 1. The maximum Gasteiger partial charge on any atom is 0.191 e. The highest BCUT2D eigenvalue weighted by molar-refractivity contribution is 14.0. The summed E-state index contributed by atoms with van der Waals surface area (Å²) in [6.07, 6.45) is 4.27. The maximum atomic E-state index is 4.22. The molecule has 0 bridgehead atoms. The molecule has 1 saturated carbocycles. The molecule has 1 fully saturated rings. The molecule has 1 heterocycles. The minimum absolute atomic E-state index is 0. The standard InChI is InChI=1S/C13H25N7.HI/c1-4-20(11-5-6-11)8-7-15-13(14-2)16-9-12-17-10-18-19(12)3;/h10-11H,4-9H2,1-3H3,(H2,14,15,16);1H. The first kappa shape index (κ1) is 18.1. The molecule has 0 radical (unpaired) electrons. The van der Waals surface area contributed by atoms with E-state index in [1.165, 1.54) is 12.8 Å². The number of aryl methyl sites for hydroxylation is 1. The number of likely N-dealkylation sites (N-methyl/N-ethyl adjacent to an activating group) is 1. The van der Waals surface area contributed by atoms with Crippen LogP contribution < -0.4 is 10.6 Å². The van der Waals surface area contributed by atoms with Crippen LogP contribution in [0.5, 0.6) is 0 Å². The van der Waals surface area contributed by atoms with Crippen LogP contribution >= 0.6 is 24.0 Å². The first-order valence-electron chi connectivity index (χ1n) is 7.26. The number of hydrogen-bond donors (Lipinski definition) is 2. The largest absolute Gasteiger partial charge is 0.355 e. The molecule has 21 heavy (non-hydrogen) atoms. The van der Waals surface area contributed by atoms with Gasteiger partial charge in [-0.2, -0.15) is 5.10 Å². The van der Waals surface area contributed by atoms with Gasteiger partial charge in [0.2, 0.25) is 0 Å². The quantitative estimate of drug-likeness (QED) is 0.393. The Morgan fingerprint density at radius 2 is 2.24 bits per heavy atom. The second kappa shape index (κ2) is 9.19. The molecule has 1 aliphatic carbocycles. The van der Waals surface area contributed by atoms with Crippen LogP contribution in [-0.4, -0.2) is 58.3 Å². The third-order valence-corrected chi connectivity index (χ3v) is 3.60. The Morgan fingerprint density at radius 3 is 2.76 bits per heavy atom. The van der Waals surface area contributed by atoms with E-state index in [1.54, 1.807) is 18.1 Å². The van der Waals surface area contributed by atoms with Crippen LogP contribution in [0.1, 0.15) is 25.6 Å². The summed E-state index contributed by atoms with van der Waals surface area (Å²) in [5, 5.41) is 10.6. The maximum absolute atomic E-state index is 4.22. The normalized spacial score (nSPS) is 15.0. The van der Waals surface area contributed by atoms with E-state index in [-0.39, 0.29) is 24.0 Å². The second-order valence-corrected chi connectivity index (χ2v) is 5.01. The van der Waals surface area contributed by atoms with Crippen molar-refractivity contribution in [1.82, 2.24) is 30.3 Å². The van der Waals surface area contributed by atoms with Crippen LogP contribution in [0, 0.1) is 0 Å². The minimum atomic E-state index is 0. The summed E-state index contributed by atoms with van der Waals surface area (Å²) in [4.78, 5) is 10.9. The van der Waals surface area contributed by atoms with Gasteiger partial charge in [0.1, 0.15) is 12.2 Å². The van der Waals surface area contributed by atoms with Crippen LogP contribution in [0.2, 0.25) is 0 Å². The molecule has 2 N–H and O–H groups in total. The van der Waals surface area contributed by atoms with Crippen molar-refractivity contribution in [1.29, 1.82) is 0 Å². The first-order chi connectivity index (χ1) is 9.74. The van der Waals surface area contributed by atoms with Gasteiger partial charge in [0.25, 0.3) is 0 Å². The molecule has 1 aromatic rings. The summed E-state index contributed by atoms with van der Waals surface area (Å²) < 4.78 is 1.76. The zero-order valence-electron chi connectivity index (χ0n) is 13.0. The molecule has 0 aromatic carbocycles. The van der Waals surface area contributed by atoms with E-state index in [0.29, 0.717) is 6.54 Å². The number of guanidine groups is 1. The molecule has 2 rings (SSSR count). The van der Waals surface area contributed by atoms with E-state index in [4.69, 9.17) is 0 Å². The Morgan fingerprint density at radius 1 is 1.48 bits per heavy atom. The average Bonchev–Trinajstić information content (AvgIpc) is 3.22. The number of nitrogens with one attached hydrogen (secondary N) is 2. The third-order valence-electron chi connectivity index (χ3n) is 3.60. The molecular formula is C13H26IN7. The summed E-state index contributed by atoms with van der Waals surface area (Å²) >= 11 is 0. The van der Waals surface area contributed by atoms with Gasteiger partial charge in [0.15, 0.2) is 5.96 Å². The van der Waals surface area contributed by atoms with E-state index in [0.717, 1.165) is 37.5 Å². The van der Waals surface area contributed by atoms with E-state index in [2.05, 4.69) is 37.5 Å². The lowest BCUT2D eigenvalue weighted by Gasteiger charge is -2.20. The average molecular weight is 407 g/mol. The number of rotatable bonds is 7. The molecular weight excluding hydrogens is 381 g/mol. The number of nitrogens with zero attached hydrogens (tertiary/aromatic N) is 5. The van der Waals surface area contributed by atoms with Crippen LogP contribution in [0.15, 0.2) is 11.3 Å². The Kier molecular flexibility index (Phi) is 7.94. The van der Waals surface area contributed by atoms with Gasteiger partial charge in [-0.15, -0.1) is 24.0 Å². The molecule has 0 spiro atoms. The smallest absolute Gasteiger partial charge is 0.191 e. The molecule has 120 valence electrons. The van der Waals surface area contributed by atoms with Gasteiger partial charge < -0.3 is 10.6 Å². The van der Waals surface area contributed by atoms with Crippen LogP contribution in [0.3, 0.4) is 0 Å². The zero-order chi connectivity index (χ0) is 14.4. The first-order valence-corrected chi connectivity index (χ1v) is 7.26. The Bertz CT molecular complexity index is 441. The van der Waals surface area contributed by atoms with Gasteiger partial charge in [-0.1, -0.05) is 6.92 Å². The fourth-order valence-corrected chi connectivity index (χ4v) is 2.22. The highest BCUT2D eigenvalue weighted by Crippen LogP contribution is 2.25. The van der Waals surface area contributed by atoms with Gasteiger partial charge in [0.05, 0.1) is 6.54 Å². The second-order valence-electron chi connectivity index (χ2n) is 5.01. The monoisotopic (exact) mass is 407 g/mol. The summed E-state index contributed by atoms with van der Waals surface area (Å²) in [6, 6.07) is 0.815. The van der Waals surface area contributed by atoms with Gasteiger partial charge in [-0.25, -0.2) is 4.98 Å². The Balaban J connectivity index is 0.00000220. The van der Waals surface area contributed by atoms with E-state index < -0.39 is 0 Å². The molecule has 7 nitrogen and oxygen atoms in total. The lowest BCUT2D eigenvalue weighted by molar-refractivity contribution is 0.282. The predicted molar refractivity (Wildman–Crippen MR) is 94.9 cm³/mol. The van der Waals surface area contributed by atoms with Crippen molar-refractivity contribution in [3.8, 4) is 0 Å². The molecule has 0 amide bonds. The molecule has 0 atom stereocenters. The Hall–Kier alpha value is -0.900. The zero-order valence-corrected chi connectivity index (χ0v) is 15.4. The van der Waals surface area contributed by atoms with Crippen molar-refractivity contribution in [2.45, 2.75) is 32.4 Å². The van der Waals surface area contributed by atoms with E-state index >= 15 is 0 Å². The van der Waals surface area contributed by atoms with Gasteiger partial charge in [-0.3, -0.25) is 14.6 Å². The van der Waals surface area contributed by atoms with Crippen molar-refractivity contribution in [3.05, 3.63) is 12.2 Å². The van der Waals surface area contributed by atoms with Crippen molar-refractivity contribution in [2.75, 3.05) is 26.7 Å². The minimum Gasteiger partial charge on any atom is -0.355 e. The summed E-state index contributed by atoms with van der Waals surface area (Å²) in [6.45, 7) is 5.93. The van der Waals surface area contributed by atoms with Gasteiger partial charge >= 0.3 is 0 Å². The molecule has 1 aliphatic rings. The highest BCUT2D eigenvalue weighted by atomic mass is 127. The molecule has 1 aromatic heterocycles. The van der Waals surface area contributed by atoms with Crippen molar-refractivity contribution in [2.24, 2.45) is 12.0 Å². The predicted octanol–water partition coefficient (Wildman–Crippen LogP) is 0.582. The van der Waals surface area contributed by atoms with Gasteiger partial charge in [-0.05, 0) is 19.4 Å². The van der Waals surface area contributed by atoms with Crippen LogP contribution in [0.25, 0.3) is 0 Å². The summed E-state index contributed by atoms with van der Waals surface area (Å²) in [5.41, 5.74) is 0. The SMILES string of the molecule is CCN(CCNC(=NC)NCc1ncnn1C)C1CC1.I. The number of hydrogen-bond acceptors (Lipinski definition) is 4. The third kappa shape index (κ3) is 5.77. The number of aromatic nitrogens is 3. The molecule has 0 unspecified atom stereocenters. The van der Waals surface area contributed by atoms with E-state index in [9.17, 15) is 0 Å². The number of aliphatic imine (C=N–C) groups is 1. The van der Waals surface area contributed by atoms with Crippen molar-refractivity contribution in [3.63, 3.8) is 0 Å². The topological polar surface area (TPSA) is 70.4 Å². The van der Waals surface area contributed by atoms with Gasteiger partial charge in [0, 0.05) is 33.2 Å². The summed E-state index contributed by atoms with van der Waals surface area (Å²) in [7, 11) is 3.67. The lowest BCUT2D eigenvalue weighted by atomic mass is 10.4. The Labute approximate surface area is 143 Å². The fraction of sp³-hybridized carbons (Fsp3) is 0.769. The van der Waals surface area contributed by atoms with E-state index in [1.807, 2.05) is 7.05 Å². The summed E-state index contributed by atoms with van der Waals surface area (Å²) in [5.74, 6) is 1.70. The van der Waals surface area contributed by atoms with Crippen LogP contribution in [0.4, 0.5) is 0 Å².